The summed E-state index contributed by atoms with van der Waals surface area (Å²) in [6.07, 6.45) is 2.62. The van der Waals surface area contributed by atoms with Gasteiger partial charge in [-0.15, -0.1) is 0 Å². The van der Waals surface area contributed by atoms with E-state index in [1.807, 2.05) is 0 Å². The number of hydrogen-bond acceptors (Lipinski definition) is 6. The van der Waals surface area contributed by atoms with Gasteiger partial charge in [0.25, 0.3) is 0 Å². The molecule has 0 aliphatic rings. The highest BCUT2D eigenvalue weighted by Gasteiger charge is 2.26. The summed E-state index contributed by atoms with van der Waals surface area (Å²) < 4.78 is 50.1. The second-order valence-corrected chi connectivity index (χ2v) is 8.44. The van der Waals surface area contributed by atoms with Crippen LogP contribution in [0.1, 0.15) is 21.5 Å². The van der Waals surface area contributed by atoms with Crippen LogP contribution >= 0.6 is 15.9 Å². The molecular weight excluding hydrogens is 455 g/mol. The Balaban J connectivity index is 2.60. The predicted octanol–water partition coefficient (Wildman–Crippen LogP) is 3.36. The lowest BCUT2D eigenvalue weighted by Crippen LogP contribution is -2.13. The summed E-state index contributed by atoms with van der Waals surface area (Å²) in [6, 6.07) is 6.28. The molecule has 0 saturated heterocycles. The minimum Gasteiger partial charge on any atom is -0.495 e. The molecule has 0 heterocycles. The van der Waals surface area contributed by atoms with E-state index in [9.17, 15) is 17.6 Å². The summed E-state index contributed by atoms with van der Waals surface area (Å²) in [5, 5.41) is 8.93. The third-order valence-corrected chi connectivity index (χ3v) is 6.20. The van der Waals surface area contributed by atoms with E-state index in [4.69, 9.17) is 14.6 Å². The molecule has 0 radical (unpaired) electrons. The van der Waals surface area contributed by atoms with Crippen LogP contribution in [0.5, 0.6) is 5.75 Å². The summed E-state index contributed by atoms with van der Waals surface area (Å²) >= 11 is 3.25. The quantitative estimate of drug-likeness (QED) is 0.490. The fraction of sp³-hybridized carbons (Fsp3) is 0.211. The first-order valence-corrected chi connectivity index (χ1v) is 10.4. The molecule has 28 heavy (non-hydrogen) atoms. The molecule has 6 nitrogen and oxygen atoms in total. The van der Waals surface area contributed by atoms with E-state index in [2.05, 4.69) is 15.9 Å². The fourth-order valence-electron chi connectivity index (χ4n) is 2.64. The first-order chi connectivity index (χ1) is 13.2. The van der Waals surface area contributed by atoms with Gasteiger partial charge in [0, 0.05) is 0 Å². The highest BCUT2D eigenvalue weighted by atomic mass is 79.9. The number of aliphatic hydroxyl groups excluding tert-OH is 1. The smallest absolute Gasteiger partial charge is 0.342 e. The zero-order chi connectivity index (χ0) is 20.9. The van der Waals surface area contributed by atoms with Crippen molar-refractivity contribution >= 4 is 37.8 Å². The van der Waals surface area contributed by atoms with Gasteiger partial charge in [-0.05, 0) is 51.3 Å². The molecule has 2 aromatic carbocycles. The van der Waals surface area contributed by atoms with E-state index in [-0.39, 0.29) is 33.9 Å². The topological polar surface area (TPSA) is 89.9 Å². The molecule has 0 unspecified atom stereocenters. The zero-order valence-electron chi connectivity index (χ0n) is 15.1. The highest BCUT2D eigenvalue weighted by molar-refractivity contribution is 9.10. The van der Waals surface area contributed by atoms with Crippen LogP contribution in [-0.4, -0.2) is 40.3 Å². The number of aliphatic hydroxyl groups is 1. The van der Waals surface area contributed by atoms with E-state index in [1.165, 1.54) is 32.4 Å². The number of sulfone groups is 1. The standard InChI is InChI=1S/C19H18BrFO6S/c1-26-18-15(20)7-5-13(17(18)19(23)27-2)11-28(24,25)16-8-6-14(21)10-12(16)4-3-9-22/h3-8,10,22H,9,11H2,1-2H3/b4-3+. The molecule has 0 aromatic heterocycles. The Bertz CT molecular complexity index is 1020. The van der Waals surface area contributed by atoms with Crippen LogP contribution in [-0.2, 0) is 20.3 Å². The Morgan fingerprint density at radius 1 is 1.25 bits per heavy atom. The van der Waals surface area contributed by atoms with Crippen molar-refractivity contribution in [1.29, 1.82) is 0 Å². The largest absolute Gasteiger partial charge is 0.495 e. The second kappa shape index (κ2) is 9.31. The number of carbonyl (C=O) groups is 1. The molecule has 0 saturated carbocycles. The van der Waals surface area contributed by atoms with Gasteiger partial charge < -0.3 is 14.6 Å². The van der Waals surface area contributed by atoms with Gasteiger partial charge in [-0.25, -0.2) is 17.6 Å². The maximum absolute atomic E-state index is 13.6. The van der Waals surface area contributed by atoms with Crippen LogP contribution in [0.4, 0.5) is 4.39 Å². The Labute approximate surface area is 170 Å². The number of hydrogen-bond donors (Lipinski definition) is 1. The normalized spacial score (nSPS) is 11.6. The maximum atomic E-state index is 13.6. The van der Waals surface area contributed by atoms with E-state index >= 15 is 0 Å². The van der Waals surface area contributed by atoms with Crippen molar-refractivity contribution in [2.45, 2.75) is 10.6 Å². The third-order valence-electron chi connectivity index (χ3n) is 3.84. The number of rotatable bonds is 7. The third kappa shape index (κ3) is 4.78. The number of ether oxygens (including phenoxy) is 2. The van der Waals surface area contributed by atoms with Crippen molar-refractivity contribution in [3.05, 3.63) is 63.4 Å². The first-order valence-electron chi connectivity index (χ1n) is 7.98. The molecule has 2 rings (SSSR count). The van der Waals surface area contributed by atoms with Crippen molar-refractivity contribution < 1.29 is 32.2 Å². The van der Waals surface area contributed by atoms with Gasteiger partial charge in [-0.1, -0.05) is 18.2 Å². The molecule has 0 fully saturated rings. The Hall–Kier alpha value is -2.23. The molecule has 0 aliphatic heterocycles. The molecule has 0 spiro atoms. The number of esters is 1. The molecule has 0 amide bonds. The summed E-state index contributed by atoms with van der Waals surface area (Å²) in [6.45, 7) is -0.327. The van der Waals surface area contributed by atoms with Crippen LogP contribution in [0.25, 0.3) is 6.08 Å². The number of methoxy groups -OCH3 is 2. The Kier molecular flexibility index (Phi) is 7.34. The van der Waals surface area contributed by atoms with Crippen molar-refractivity contribution in [1.82, 2.24) is 0 Å². The monoisotopic (exact) mass is 472 g/mol. The van der Waals surface area contributed by atoms with Gasteiger partial charge >= 0.3 is 5.97 Å². The SMILES string of the molecule is COC(=O)c1c(CS(=O)(=O)c2ccc(F)cc2/C=C/CO)ccc(Br)c1OC. The average Bonchev–Trinajstić information content (AvgIpc) is 2.66. The molecule has 0 aliphatic carbocycles. The van der Waals surface area contributed by atoms with Crippen molar-refractivity contribution in [2.24, 2.45) is 0 Å². The fourth-order valence-corrected chi connectivity index (χ4v) is 4.70. The molecular formula is C19H18BrFO6S. The Morgan fingerprint density at radius 3 is 2.57 bits per heavy atom. The number of carbonyl (C=O) groups excluding carboxylic acids is 1. The van der Waals surface area contributed by atoms with Crippen molar-refractivity contribution in [3.63, 3.8) is 0 Å². The lowest BCUT2D eigenvalue weighted by Gasteiger charge is -2.15. The summed E-state index contributed by atoms with van der Waals surface area (Å²) in [7, 11) is -1.44. The molecule has 9 heteroatoms. The van der Waals surface area contributed by atoms with Crippen molar-refractivity contribution in [2.75, 3.05) is 20.8 Å². The van der Waals surface area contributed by atoms with Gasteiger partial charge in [0.15, 0.2) is 9.84 Å². The predicted molar refractivity (Wildman–Crippen MR) is 105 cm³/mol. The first kappa shape index (κ1) is 22.1. The van der Waals surface area contributed by atoms with Gasteiger partial charge in [-0.2, -0.15) is 0 Å². The molecule has 0 atom stereocenters. The van der Waals surface area contributed by atoms with Crippen LogP contribution in [0.2, 0.25) is 0 Å². The van der Waals surface area contributed by atoms with Crippen LogP contribution in [0, 0.1) is 5.82 Å². The summed E-state index contributed by atoms with van der Waals surface area (Å²) in [5.41, 5.74) is 0.253. The molecule has 0 bridgehead atoms. The maximum Gasteiger partial charge on any atom is 0.342 e. The number of halogens is 2. The highest BCUT2D eigenvalue weighted by Crippen LogP contribution is 2.34. The van der Waals surface area contributed by atoms with E-state index in [0.29, 0.717) is 4.47 Å². The molecule has 1 N–H and O–H groups in total. The molecule has 2 aromatic rings. The average molecular weight is 473 g/mol. The van der Waals surface area contributed by atoms with Crippen molar-refractivity contribution in [3.8, 4) is 5.75 Å². The lowest BCUT2D eigenvalue weighted by molar-refractivity contribution is 0.0596. The summed E-state index contributed by atoms with van der Waals surface area (Å²) in [5.74, 6) is -1.74. The minimum atomic E-state index is -3.97. The van der Waals surface area contributed by atoms with E-state index in [1.54, 1.807) is 6.07 Å². The number of benzene rings is 2. The van der Waals surface area contributed by atoms with E-state index in [0.717, 1.165) is 18.2 Å². The zero-order valence-corrected chi connectivity index (χ0v) is 17.5. The van der Waals surface area contributed by atoms with Crippen LogP contribution in [0.15, 0.2) is 45.8 Å². The van der Waals surface area contributed by atoms with Gasteiger partial charge in [0.1, 0.15) is 17.1 Å². The van der Waals surface area contributed by atoms with Gasteiger partial charge in [0.05, 0.1) is 35.9 Å². The van der Waals surface area contributed by atoms with E-state index < -0.39 is 27.4 Å². The lowest BCUT2D eigenvalue weighted by atomic mass is 10.1. The second-order valence-electron chi connectivity index (χ2n) is 5.63. The Morgan fingerprint density at radius 2 is 1.96 bits per heavy atom. The van der Waals surface area contributed by atoms with Gasteiger partial charge in [-0.3, -0.25) is 0 Å². The van der Waals surface area contributed by atoms with Crippen LogP contribution < -0.4 is 4.74 Å². The molecule has 150 valence electrons. The summed E-state index contributed by atoms with van der Waals surface area (Å²) in [4.78, 5) is 12.1. The van der Waals surface area contributed by atoms with Crippen LogP contribution in [0.3, 0.4) is 0 Å². The minimum absolute atomic E-state index is 0.0162. The van der Waals surface area contributed by atoms with Gasteiger partial charge in [0.2, 0.25) is 0 Å².